The van der Waals surface area contributed by atoms with Crippen molar-refractivity contribution in [3.63, 3.8) is 0 Å². The van der Waals surface area contributed by atoms with Gasteiger partial charge < -0.3 is 9.47 Å². The lowest BCUT2D eigenvalue weighted by molar-refractivity contribution is -0.134. The van der Waals surface area contributed by atoms with Gasteiger partial charge in [0.15, 0.2) is 11.5 Å². The van der Waals surface area contributed by atoms with E-state index in [4.69, 9.17) is 9.47 Å². The number of carbonyl (C=O) groups is 1. The van der Waals surface area contributed by atoms with Crippen molar-refractivity contribution >= 4 is 16.7 Å². The van der Waals surface area contributed by atoms with Crippen molar-refractivity contribution in [2.75, 3.05) is 7.11 Å². The molecule has 0 aliphatic rings. The summed E-state index contributed by atoms with van der Waals surface area (Å²) in [6, 6.07) is 11.5. The summed E-state index contributed by atoms with van der Waals surface area (Å²) in [5.74, 6) is 0.807. The number of fused-ring (bicyclic) bond motifs is 1. The van der Waals surface area contributed by atoms with Crippen LogP contribution in [0.5, 0.6) is 11.5 Å². The van der Waals surface area contributed by atoms with Crippen LogP contribution in [0.25, 0.3) is 10.8 Å². The van der Waals surface area contributed by atoms with Crippen LogP contribution in [0.2, 0.25) is 0 Å². The topological polar surface area (TPSA) is 35.5 Å². The van der Waals surface area contributed by atoms with Gasteiger partial charge in [0.05, 0.1) is 7.11 Å². The minimum absolute atomic E-state index is 0.265. The average Bonchev–Trinajstić information content (AvgIpc) is 2.38. The van der Waals surface area contributed by atoms with Crippen molar-refractivity contribution in [3.8, 4) is 11.5 Å². The molecule has 88 valence electrons. The number of hydrogen-bond donors (Lipinski definition) is 0. The molecule has 0 aliphatic carbocycles. The van der Waals surface area contributed by atoms with E-state index < -0.39 is 0 Å². The third-order valence-electron chi connectivity index (χ3n) is 2.56. The van der Waals surface area contributed by atoms with E-state index in [1.54, 1.807) is 20.1 Å². The van der Waals surface area contributed by atoms with Crippen molar-refractivity contribution in [1.29, 1.82) is 0 Å². The van der Waals surface area contributed by atoms with Crippen molar-refractivity contribution in [2.45, 2.75) is 13.3 Å². The molecule has 2 aromatic rings. The summed E-state index contributed by atoms with van der Waals surface area (Å²) in [6.45, 7) is 1.76. The van der Waals surface area contributed by atoms with Gasteiger partial charge in [-0.05, 0) is 11.5 Å². The van der Waals surface area contributed by atoms with E-state index in [1.807, 2.05) is 30.3 Å². The number of methoxy groups -OCH3 is 1. The zero-order chi connectivity index (χ0) is 12.3. The molecule has 0 heterocycles. The van der Waals surface area contributed by atoms with Gasteiger partial charge in [-0.3, -0.25) is 4.79 Å². The van der Waals surface area contributed by atoms with Gasteiger partial charge in [-0.15, -0.1) is 0 Å². The van der Waals surface area contributed by atoms with Crippen molar-refractivity contribution in [2.24, 2.45) is 0 Å². The normalized spacial score (nSPS) is 10.2. The first-order valence-electron chi connectivity index (χ1n) is 5.52. The van der Waals surface area contributed by atoms with Crippen LogP contribution in [0.1, 0.15) is 13.3 Å². The second-order valence-corrected chi connectivity index (χ2v) is 3.65. The largest absolute Gasteiger partial charge is 0.492 e. The molecule has 0 spiro atoms. The fourth-order valence-electron chi connectivity index (χ4n) is 1.71. The monoisotopic (exact) mass is 230 g/mol. The first-order chi connectivity index (χ1) is 8.26. The molecule has 0 saturated carbocycles. The molecule has 2 rings (SSSR count). The van der Waals surface area contributed by atoms with Crippen LogP contribution in [0.3, 0.4) is 0 Å². The van der Waals surface area contributed by atoms with Crippen LogP contribution in [0.15, 0.2) is 36.4 Å². The Labute approximate surface area is 100.0 Å². The van der Waals surface area contributed by atoms with Crippen LogP contribution in [0.4, 0.5) is 0 Å². The Morgan fingerprint density at radius 1 is 1.18 bits per heavy atom. The molecule has 0 aromatic heterocycles. The van der Waals surface area contributed by atoms with Crippen LogP contribution >= 0.6 is 0 Å². The predicted octanol–water partition coefficient (Wildman–Crippen LogP) is 3.16. The molecule has 2 aromatic carbocycles. The SMILES string of the molecule is CCC(=O)Oc1ccc2ccccc2c1OC. The zero-order valence-electron chi connectivity index (χ0n) is 9.90. The Morgan fingerprint density at radius 3 is 2.65 bits per heavy atom. The molecule has 3 heteroatoms. The summed E-state index contributed by atoms with van der Waals surface area (Å²) in [5, 5.41) is 2.00. The van der Waals surface area contributed by atoms with Gasteiger partial charge in [0.25, 0.3) is 0 Å². The first-order valence-corrected chi connectivity index (χ1v) is 5.52. The van der Waals surface area contributed by atoms with Gasteiger partial charge >= 0.3 is 5.97 Å². The number of rotatable bonds is 3. The van der Waals surface area contributed by atoms with Gasteiger partial charge in [0, 0.05) is 11.8 Å². The lowest BCUT2D eigenvalue weighted by atomic mass is 10.1. The Balaban J connectivity index is 2.53. The number of ether oxygens (including phenoxy) is 2. The van der Waals surface area contributed by atoms with E-state index in [-0.39, 0.29) is 5.97 Å². The summed E-state index contributed by atoms with van der Waals surface area (Å²) < 4.78 is 10.6. The molecule has 0 atom stereocenters. The maximum Gasteiger partial charge on any atom is 0.311 e. The highest BCUT2D eigenvalue weighted by atomic mass is 16.6. The highest BCUT2D eigenvalue weighted by molar-refractivity contribution is 5.91. The summed E-state index contributed by atoms with van der Waals surface area (Å²) >= 11 is 0. The van der Waals surface area contributed by atoms with E-state index in [9.17, 15) is 4.79 Å². The maximum atomic E-state index is 11.3. The van der Waals surface area contributed by atoms with Crippen LogP contribution in [-0.2, 0) is 4.79 Å². The van der Waals surface area contributed by atoms with Crippen molar-refractivity contribution in [1.82, 2.24) is 0 Å². The smallest absolute Gasteiger partial charge is 0.311 e. The molecule has 0 bridgehead atoms. The predicted molar refractivity (Wildman–Crippen MR) is 66.4 cm³/mol. The molecule has 0 fully saturated rings. The van der Waals surface area contributed by atoms with Crippen LogP contribution in [0, 0.1) is 0 Å². The molecule has 0 aliphatic heterocycles. The zero-order valence-corrected chi connectivity index (χ0v) is 9.90. The Hall–Kier alpha value is -2.03. The lowest BCUT2D eigenvalue weighted by Gasteiger charge is -2.11. The minimum Gasteiger partial charge on any atom is -0.492 e. The minimum atomic E-state index is -0.265. The third kappa shape index (κ3) is 2.23. The van der Waals surface area contributed by atoms with Gasteiger partial charge in [0.2, 0.25) is 0 Å². The van der Waals surface area contributed by atoms with Crippen molar-refractivity contribution in [3.05, 3.63) is 36.4 Å². The molecule has 0 radical (unpaired) electrons. The fourth-order valence-corrected chi connectivity index (χ4v) is 1.71. The molecule has 0 amide bonds. The Bertz CT molecular complexity index is 546. The van der Waals surface area contributed by atoms with E-state index in [1.165, 1.54) is 0 Å². The van der Waals surface area contributed by atoms with Crippen LogP contribution < -0.4 is 9.47 Å². The third-order valence-corrected chi connectivity index (χ3v) is 2.56. The van der Waals surface area contributed by atoms with Gasteiger partial charge in [0.1, 0.15) is 0 Å². The Kier molecular flexibility index (Phi) is 3.28. The van der Waals surface area contributed by atoms with E-state index >= 15 is 0 Å². The summed E-state index contributed by atoms with van der Waals surface area (Å²) in [6.07, 6.45) is 0.343. The quantitative estimate of drug-likeness (QED) is 0.600. The second-order valence-electron chi connectivity index (χ2n) is 3.65. The van der Waals surface area contributed by atoms with Crippen LogP contribution in [-0.4, -0.2) is 13.1 Å². The maximum absolute atomic E-state index is 11.3. The average molecular weight is 230 g/mol. The lowest BCUT2D eigenvalue weighted by Crippen LogP contribution is -2.06. The highest BCUT2D eigenvalue weighted by Crippen LogP contribution is 2.35. The Morgan fingerprint density at radius 2 is 1.94 bits per heavy atom. The highest BCUT2D eigenvalue weighted by Gasteiger charge is 2.11. The number of benzene rings is 2. The standard InChI is InChI=1S/C14H14O3/c1-3-13(15)17-12-9-8-10-6-4-5-7-11(10)14(12)16-2/h4-9H,3H2,1-2H3. The molecule has 17 heavy (non-hydrogen) atoms. The van der Waals surface area contributed by atoms with E-state index in [0.717, 1.165) is 10.8 Å². The van der Waals surface area contributed by atoms with E-state index in [0.29, 0.717) is 17.9 Å². The molecule has 0 saturated heterocycles. The molecule has 3 nitrogen and oxygen atoms in total. The number of hydrogen-bond acceptors (Lipinski definition) is 3. The molecular weight excluding hydrogens is 216 g/mol. The summed E-state index contributed by atoms with van der Waals surface area (Å²) in [7, 11) is 1.57. The second kappa shape index (κ2) is 4.87. The number of esters is 1. The fraction of sp³-hybridized carbons (Fsp3) is 0.214. The number of carbonyl (C=O) groups excluding carboxylic acids is 1. The summed E-state index contributed by atoms with van der Waals surface area (Å²) in [5.41, 5.74) is 0. The van der Waals surface area contributed by atoms with Gasteiger partial charge in [-0.2, -0.15) is 0 Å². The van der Waals surface area contributed by atoms with Gasteiger partial charge in [-0.25, -0.2) is 0 Å². The first kappa shape index (κ1) is 11.5. The molecule has 0 N–H and O–H groups in total. The van der Waals surface area contributed by atoms with Gasteiger partial charge in [-0.1, -0.05) is 37.3 Å². The van der Waals surface area contributed by atoms with Crippen molar-refractivity contribution < 1.29 is 14.3 Å². The molecule has 0 unspecified atom stereocenters. The molecular formula is C14H14O3. The van der Waals surface area contributed by atoms with E-state index in [2.05, 4.69) is 0 Å². The summed E-state index contributed by atoms with van der Waals surface area (Å²) in [4.78, 5) is 11.3.